The standard InChI is InChI=1S/C23H31N3O3/c1-16(25-22(27)29-23(2,3)4)11-13-28-20-14-17(15-20)7-9-19-10-8-18-6-5-12-24-21(18)26-19/h5-6,8,10-12,17,20H,7,9,13-15H2,1-4H3,(H,25,27)/b16-11-. The van der Waals surface area contributed by atoms with E-state index in [4.69, 9.17) is 9.47 Å². The van der Waals surface area contributed by atoms with Gasteiger partial charge in [-0.15, -0.1) is 0 Å². The Hall–Kier alpha value is -2.47. The average Bonchev–Trinajstić information content (AvgIpc) is 2.61. The maximum atomic E-state index is 11.7. The van der Waals surface area contributed by atoms with E-state index in [9.17, 15) is 4.79 Å². The number of rotatable bonds is 7. The largest absolute Gasteiger partial charge is 0.444 e. The molecule has 0 bridgehead atoms. The van der Waals surface area contributed by atoms with Crippen LogP contribution in [-0.2, 0) is 15.9 Å². The van der Waals surface area contributed by atoms with E-state index in [1.165, 1.54) is 0 Å². The number of aromatic nitrogens is 2. The number of carbonyl (C=O) groups excluding carboxylic acids is 1. The summed E-state index contributed by atoms with van der Waals surface area (Å²) in [7, 11) is 0. The second-order valence-electron chi connectivity index (χ2n) is 8.70. The highest BCUT2D eigenvalue weighted by Crippen LogP contribution is 2.33. The average molecular weight is 398 g/mol. The van der Waals surface area contributed by atoms with Crippen LogP contribution in [0.3, 0.4) is 0 Å². The summed E-state index contributed by atoms with van der Waals surface area (Å²) >= 11 is 0. The van der Waals surface area contributed by atoms with Crippen molar-refractivity contribution in [3.8, 4) is 0 Å². The summed E-state index contributed by atoms with van der Waals surface area (Å²) in [5, 5.41) is 3.80. The van der Waals surface area contributed by atoms with E-state index < -0.39 is 11.7 Å². The van der Waals surface area contributed by atoms with Crippen LogP contribution in [0.1, 0.15) is 52.7 Å². The number of nitrogens with zero attached hydrogens (tertiary/aromatic N) is 2. The molecule has 2 heterocycles. The van der Waals surface area contributed by atoms with Crippen molar-refractivity contribution in [3.05, 3.63) is 47.9 Å². The van der Waals surface area contributed by atoms with E-state index in [1.54, 1.807) is 6.20 Å². The number of amides is 1. The summed E-state index contributed by atoms with van der Waals surface area (Å²) in [6.45, 7) is 7.86. The Labute approximate surface area is 172 Å². The predicted molar refractivity (Wildman–Crippen MR) is 113 cm³/mol. The second-order valence-corrected chi connectivity index (χ2v) is 8.70. The highest BCUT2D eigenvalue weighted by Gasteiger charge is 2.29. The van der Waals surface area contributed by atoms with E-state index in [0.717, 1.165) is 48.1 Å². The molecule has 0 aliphatic heterocycles. The fourth-order valence-corrected chi connectivity index (χ4v) is 3.35. The van der Waals surface area contributed by atoms with Crippen molar-refractivity contribution in [2.24, 2.45) is 5.92 Å². The Morgan fingerprint density at radius 3 is 2.83 bits per heavy atom. The Balaban J connectivity index is 1.32. The Bertz CT molecular complexity index is 867. The van der Waals surface area contributed by atoms with Gasteiger partial charge < -0.3 is 9.47 Å². The molecule has 1 fully saturated rings. The SMILES string of the molecule is C/C(=C/COC1CC(CCc2ccc3cccnc3n2)C1)NC(=O)OC(C)(C)C. The van der Waals surface area contributed by atoms with Gasteiger partial charge in [0.2, 0.25) is 0 Å². The zero-order valence-electron chi connectivity index (χ0n) is 17.8. The lowest BCUT2D eigenvalue weighted by molar-refractivity contribution is -0.0196. The van der Waals surface area contributed by atoms with Crippen molar-refractivity contribution in [1.82, 2.24) is 15.3 Å². The first-order valence-corrected chi connectivity index (χ1v) is 10.3. The molecule has 156 valence electrons. The van der Waals surface area contributed by atoms with Crippen molar-refractivity contribution in [2.45, 2.75) is 65.1 Å². The summed E-state index contributed by atoms with van der Waals surface area (Å²) in [5.74, 6) is 0.686. The first kappa shape index (κ1) is 21.2. The number of alkyl carbamates (subject to hydrolysis) is 1. The molecule has 0 unspecified atom stereocenters. The van der Waals surface area contributed by atoms with Crippen LogP contribution in [0.2, 0.25) is 0 Å². The van der Waals surface area contributed by atoms with E-state index in [0.29, 0.717) is 18.6 Å². The van der Waals surface area contributed by atoms with Crippen molar-refractivity contribution >= 4 is 17.1 Å². The first-order valence-electron chi connectivity index (χ1n) is 10.3. The van der Waals surface area contributed by atoms with Crippen molar-refractivity contribution in [3.63, 3.8) is 0 Å². The summed E-state index contributed by atoms with van der Waals surface area (Å²) in [5.41, 5.74) is 2.17. The van der Waals surface area contributed by atoms with Gasteiger partial charge in [-0.3, -0.25) is 5.32 Å². The fourth-order valence-electron chi connectivity index (χ4n) is 3.35. The quantitative estimate of drug-likeness (QED) is 0.727. The van der Waals surface area contributed by atoms with Gasteiger partial charge in [0, 0.05) is 23.0 Å². The highest BCUT2D eigenvalue weighted by atomic mass is 16.6. The molecule has 1 amide bonds. The summed E-state index contributed by atoms with van der Waals surface area (Å²) < 4.78 is 11.1. The number of carbonyl (C=O) groups is 1. The van der Waals surface area contributed by atoms with E-state index >= 15 is 0 Å². The number of fused-ring (bicyclic) bond motifs is 1. The molecule has 6 nitrogen and oxygen atoms in total. The van der Waals surface area contributed by atoms with Gasteiger partial charge in [-0.25, -0.2) is 14.8 Å². The zero-order chi connectivity index (χ0) is 20.9. The smallest absolute Gasteiger partial charge is 0.411 e. The molecule has 0 saturated heterocycles. The summed E-state index contributed by atoms with van der Waals surface area (Å²) in [6, 6.07) is 8.16. The molecule has 0 aromatic carbocycles. The lowest BCUT2D eigenvalue weighted by Crippen LogP contribution is -2.32. The third-order valence-electron chi connectivity index (χ3n) is 4.94. The molecule has 0 spiro atoms. The number of hydrogen-bond acceptors (Lipinski definition) is 5. The Morgan fingerprint density at radius 2 is 2.07 bits per heavy atom. The minimum atomic E-state index is -0.499. The van der Waals surface area contributed by atoms with Crippen LogP contribution in [0, 0.1) is 5.92 Å². The van der Waals surface area contributed by atoms with Gasteiger partial charge in [0.15, 0.2) is 5.65 Å². The molecule has 6 heteroatoms. The van der Waals surface area contributed by atoms with Crippen LogP contribution in [0.4, 0.5) is 4.79 Å². The predicted octanol–water partition coefficient (Wildman–Crippen LogP) is 4.79. The lowest BCUT2D eigenvalue weighted by atomic mass is 9.79. The minimum absolute atomic E-state index is 0.303. The third-order valence-corrected chi connectivity index (χ3v) is 4.94. The van der Waals surface area contributed by atoms with E-state index in [1.807, 2.05) is 45.9 Å². The van der Waals surface area contributed by atoms with Gasteiger partial charge in [0.1, 0.15) is 5.60 Å². The van der Waals surface area contributed by atoms with E-state index in [2.05, 4.69) is 27.4 Å². The molecule has 3 rings (SSSR count). The monoisotopic (exact) mass is 397 g/mol. The number of aryl methyl sites for hydroxylation is 1. The van der Waals surface area contributed by atoms with Crippen LogP contribution < -0.4 is 5.32 Å². The van der Waals surface area contributed by atoms with Gasteiger partial charge >= 0.3 is 6.09 Å². The molecule has 1 N–H and O–H groups in total. The van der Waals surface area contributed by atoms with Crippen LogP contribution in [0.15, 0.2) is 42.2 Å². The number of hydrogen-bond donors (Lipinski definition) is 1. The van der Waals surface area contributed by atoms with Crippen LogP contribution in [-0.4, -0.2) is 34.4 Å². The molecule has 1 aliphatic rings. The summed E-state index contributed by atoms with van der Waals surface area (Å²) in [4.78, 5) is 20.7. The van der Waals surface area contributed by atoms with E-state index in [-0.39, 0.29) is 0 Å². The second kappa shape index (κ2) is 9.35. The van der Waals surface area contributed by atoms with Gasteiger partial charge in [-0.2, -0.15) is 0 Å². The molecule has 1 saturated carbocycles. The molecule has 29 heavy (non-hydrogen) atoms. The molecule has 2 aromatic heterocycles. The van der Waals surface area contributed by atoms with Gasteiger partial charge in [0.25, 0.3) is 0 Å². The van der Waals surface area contributed by atoms with Crippen LogP contribution in [0.25, 0.3) is 11.0 Å². The van der Waals surface area contributed by atoms with Gasteiger partial charge in [0.05, 0.1) is 12.7 Å². The fraction of sp³-hybridized carbons (Fsp3) is 0.522. The van der Waals surface area contributed by atoms with Crippen LogP contribution >= 0.6 is 0 Å². The molecule has 1 aliphatic carbocycles. The van der Waals surface area contributed by atoms with Gasteiger partial charge in [-0.05, 0) is 89.6 Å². The topological polar surface area (TPSA) is 73.3 Å². The van der Waals surface area contributed by atoms with Crippen LogP contribution in [0.5, 0.6) is 0 Å². The molecule has 0 atom stereocenters. The molecule has 0 radical (unpaired) electrons. The minimum Gasteiger partial charge on any atom is -0.444 e. The lowest BCUT2D eigenvalue weighted by Gasteiger charge is -2.35. The van der Waals surface area contributed by atoms with Gasteiger partial charge in [-0.1, -0.05) is 0 Å². The number of ether oxygens (including phenoxy) is 2. The molecular formula is C23H31N3O3. The van der Waals surface area contributed by atoms with Crippen molar-refractivity contribution in [1.29, 1.82) is 0 Å². The van der Waals surface area contributed by atoms with Crippen molar-refractivity contribution in [2.75, 3.05) is 6.61 Å². The summed E-state index contributed by atoms with van der Waals surface area (Å²) in [6.07, 6.45) is 7.79. The number of allylic oxidation sites excluding steroid dienone is 1. The maximum Gasteiger partial charge on any atom is 0.411 e. The molecule has 2 aromatic rings. The number of nitrogens with one attached hydrogen (secondary N) is 1. The Kier molecular flexibility index (Phi) is 6.85. The zero-order valence-corrected chi connectivity index (χ0v) is 17.8. The Morgan fingerprint density at radius 1 is 1.28 bits per heavy atom. The normalized spacial score (nSPS) is 19.7. The van der Waals surface area contributed by atoms with Crippen molar-refractivity contribution < 1.29 is 14.3 Å². The molecular weight excluding hydrogens is 366 g/mol. The number of pyridine rings is 2. The third kappa shape index (κ3) is 6.82. The maximum absolute atomic E-state index is 11.7. The first-order chi connectivity index (χ1) is 13.8. The highest BCUT2D eigenvalue weighted by molar-refractivity contribution is 5.74.